The highest BCUT2D eigenvalue weighted by molar-refractivity contribution is 5.76. The van der Waals surface area contributed by atoms with Gasteiger partial charge in [-0.25, -0.2) is 0 Å². The third-order valence-electron chi connectivity index (χ3n) is 17.5. The molecule has 0 aromatic rings. The Labute approximate surface area is 553 Å². The van der Waals surface area contributed by atoms with Crippen LogP contribution in [0.15, 0.2) is 97.2 Å². The van der Waals surface area contributed by atoms with Crippen LogP contribution in [0.25, 0.3) is 0 Å². The maximum Gasteiger partial charge on any atom is 0.220 e. The molecule has 0 bridgehead atoms. The predicted octanol–water partition coefficient (Wildman–Crippen LogP) is 15.7. The van der Waals surface area contributed by atoms with Crippen LogP contribution in [0.3, 0.4) is 0 Å². The van der Waals surface area contributed by atoms with Crippen molar-refractivity contribution in [3.8, 4) is 0 Å². The number of unbranched alkanes of at least 4 members (excludes halogenated alkanes) is 33. The van der Waals surface area contributed by atoms with Crippen LogP contribution in [-0.4, -0.2) is 140 Å². The average Bonchev–Trinajstić information content (AvgIpc) is 1.25. The van der Waals surface area contributed by atoms with E-state index in [0.717, 1.165) is 89.9 Å². The zero-order valence-electron chi connectivity index (χ0n) is 57.3. The van der Waals surface area contributed by atoms with E-state index < -0.39 is 86.8 Å². The van der Waals surface area contributed by atoms with Crippen molar-refractivity contribution in [3.05, 3.63) is 97.2 Å². The molecule has 14 nitrogen and oxygen atoms in total. The zero-order valence-corrected chi connectivity index (χ0v) is 57.3. The lowest BCUT2D eigenvalue weighted by molar-refractivity contribution is -0.359. The molecule has 0 aliphatic carbocycles. The molecule has 526 valence electrons. The van der Waals surface area contributed by atoms with Crippen LogP contribution < -0.4 is 5.32 Å². The number of hydrogen-bond acceptors (Lipinski definition) is 13. The molecule has 0 radical (unpaired) electrons. The Morgan fingerprint density at radius 2 is 0.758 bits per heavy atom. The van der Waals surface area contributed by atoms with Gasteiger partial charge in [0.05, 0.1) is 32.0 Å². The Morgan fingerprint density at radius 1 is 0.407 bits per heavy atom. The molecule has 91 heavy (non-hydrogen) atoms. The second kappa shape index (κ2) is 60.6. The van der Waals surface area contributed by atoms with E-state index in [2.05, 4.69) is 104 Å². The number of hydrogen-bond donors (Lipinski definition) is 9. The SMILES string of the molecule is CC/C=C\C/C=C\C/C=C\C/C=C\C/C=C\C/C=C\C/C=C\CCCCCCCCCCCC(=O)NC(COC1OC(CO)C(OC2OC(CO)C(O)C(O)C2O)C(O)C1O)C(O)/C=C/CCCCCCCCCCCCCCCCCCCCCCCCCC. The number of nitrogens with one attached hydrogen (secondary N) is 1. The summed E-state index contributed by atoms with van der Waals surface area (Å²) in [4.78, 5) is 13.4. The molecule has 2 fully saturated rings. The van der Waals surface area contributed by atoms with Gasteiger partial charge in [-0.2, -0.15) is 0 Å². The van der Waals surface area contributed by atoms with Crippen molar-refractivity contribution in [3.63, 3.8) is 0 Å². The summed E-state index contributed by atoms with van der Waals surface area (Å²) in [6, 6.07) is -0.926. The number of allylic oxidation sites excluding steroid dienone is 15. The van der Waals surface area contributed by atoms with Crippen LogP contribution in [0.5, 0.6) is 0 Å². The zero-order chi connectivity index (χ0) is 65.9. The topological polar surface area (TPSA) is 228 Å². The first-order chi connectivity index (χ1) is 44.6. The molecule has 0 spiro atoms. The van der Waals surface area contributed by atoms with E-state index in [-0.39, 0.29) is 18.9 Å². The summed E-state index contributed by atoms with van der Waals surface area (Å²) in [6.45, 7) is 2.71. The molecule has 14 heteroatoms. The van der Waals surface area contributed by atoms with E-state index in [4.69, 9.17) is 18.9 Å². The molecule has 2 aliphatic heterocycles. The first-order valence-electron chi connectivity index (χ1n) is 37.0. The number of aliphatic hydroxyl groups excluding tert-OH is 8. The Hall–Kier alpha value is -3.09. The van der Waals surface area contributed by atoms with Crippen molar-refractivity contribution in [2.45, 2.75) is 364 Å². The molecule has 2 rings (SSSR count). The lowest BCUT2D eigenvalue weighted by Gasteiger charge is -2.46. The van der Waals surface area contributed by atoms with Crippen molar-refractivity contribution in [2.24, 2.45) is 0 Å². The van der Waals surface area contributed by atoms with Gasteiger partial charge in [0.15, 0.2) is 12.6 Å². The third kappa shape index (κ3) is 44.3. The van der Waals surface area contributed by atoms with Crippen LogP contribution in [-0.2, 0) is 23.7 Å². The standard InChI is InChI=1S/C77H135NO13/c1-3-5-7-9-11-13-15-17-19-21-23-25-27-29-31-32-33-34-35-37-39-41-43-45-47-49-51-53-55-57-59-61-69(82)78-65(64-88-76-74(87)72(85)75(68(63-80)90-76)91-77-73(86)71(84)70(83)67(62-79)89-77)66(81)60-58-56-54-52-50-48-46-44-42-40-38-36-30-28-26-24-22-20-18-16-14-12-10-8-6-4-2/h5,7,11,13,17,19,23,25,29,31,33-34,37,39,58,60,65-68,70-77,79-81,83-87H,3-4,6,8-10,12,14-16,18,20-22,24,26-28,30,32,35-36,38,40-57,59,61-64H2,1-2H3,(H,78,82)/b7-5-,13-11-,19-17-,25-23-,31-29-,34-33-,39-37-,60-58+. The summed E-state index contributed by atoms with van der Waals surface area (Å²) in [7, 11) is 0. The van der Waals surface area contributed by atoms with Crippen LogP contribution in [0.1, 0.15) is 290 Å². The summed E-state index contributed by atoms with van der Waals surface area (Å²) in [6.07, 6.45) is 68.8. The summed E-state index contributed by atoms with van der Waals surface area (Å²) in [5, 5.41) is 87.6. The number of amides is 1. The maximum atomic E-state index is 13.4. The molecular weight excluding hydrogens is 1150 g/mol. The van der Waals surface area contributed by atoms with Gasteiger partial charge in [0.2, 0.25) is 5.91 Å². The quantitative estimate of drug-likeness (QED) is 0.0204. The van der Waals surface area contributed by atoms with E-state index >= 15 is 0 Å². The molecule has 0 aromatic carbocycles. The molecule has 1 amide bonds. The normalized spacial score (nSPS) is 23.4. The fourth-order valence-electron chi connectivity index (χ4n) is 11.7. The number of carbonyl (C=O) groups is 1. The molecular formula is C77H135NO13. The van der Waals surface area contributed by atoms with Crippen LogP contribution in [0, 0.1) is 0 Å². The Kier molecular flexibility index (Phi) is 55.9. The number of aliphatic hydroxyl groups is 8. The molecule has 2 aliphatic rings. The molecule has 0 aromatic heterocycles. The van der Waals surface area contributed by atoms with Gasteiger partial charge in [0, 0.05) is 6.42 Å². The van der Waals surface area contributed by atoms with Crippen molar-refractivity contribution in [2.75, 3.05) is 19.8 Å². The largest absolute Gasteiger partial charge is 0.394 e. The highest BCUT2D eigenvalue weighted by atomic mass is 16.7. The third-order valence-corrected chi connectivity index (χ3v) is 17.5. The van der Waals surface area contributed by atoms with Gasteiger partial charge in [-0.1, -0.05) is 304 Å². The van der Waals surface area contributed by atoms with Crippen LogP contribution in [0.2, 0.25) is 0 Å². The lowest BCUT2D eigenvalue weighted by atomic mass is 9.97. The Bertz CT molecular complexity index is 1900. The van der Waals surface area contributed by atoms with E-state index in [9.17, 15) is 45.6 Å². The van der Waals surface area contributed by atoms with Crippen molar-refractivity contribution in [1.29, 1.82) is 0 Å². The van der Waals surface area contributed by atoms with Gasteiger partial charge in [0.1, 0.15) is 48.8 Å². The molecule has 0 saturated carbocycles. The predicted molar refractivity (Wildman–Crippen MR) is 373 cm³/mol. The second-order valence-electron chi connectivity index (χ2n) is 25.7. The lowest BCUT2D eigenvalue weighted by Crippen LogP contribution is -2.65. The summed E-state index contributed by atoms with van der Waals surface area (Å²) in [5.74, 6) is -0.246. The number of carbonyl (C=O) groups excluding carboxylic acids is 1. The average molecular weight is 1280 g/mol. The van der Waals surface area contributed by atoms with Gasteiger partial charge in [-0.3, -0.25) is 4.79 Å². The Balaban J connectivity index is 1.68. The molecule has 12 unspecified atom stereocenters. The monoisotopic (exact) mass is 1280 g/mol. The van der Waals surface area contributed by atoms with E-state index in [1.165, 1.54) is 173 Å². The van der Waals surface area contributed by atoms with E-state index in [0.29, 0.717) is 6.42 Å². The van der Waals surface area contributed by atoms with Gasteiger partial charge in [0.25, 0.3) is 0 Å². The van der Waals surface area contributed by atoms with Gasteiger partial charge < -0.3 is 65.1 Å². The van der Waals surface area contributed by atoms with Crippen molar-refractivity contribution in [1.82, 2.24) is 5.32 Å². The first kappa shape index (κ1) is 84.0. The Morgan fingerprint density at radius 3 is 1.16 bits per heavy atom. The van der Waals surface area contributed by atoms with Gasteiger partial charge >= 0.3 is 0 Å². The minimum absolute atomic E-state index is 0.246. The van der Waals surface area contributed by atoms with Crippen LogP contribution in [0.4, 0.5) is 0 Å². The number of ether oxygens (including phenoxy) is 4. The van der Waals surface area contributed by atoms with Crippen molar-refractivity contribution >= 4 is 5.91 Å². The number of rotatable bonds is 60. The van der Waals surface area contributed by atoms with Gasteiger partial charge in [-0.05, 0) is 77.0 Å². The fraction of sp³-hybridized carbons (Fsp3) is 0.779. The highest BCUT2D eigenvalue weighted by Crippen LogP contribution is 2.30. The maximum absolute atomic E-state index is 13.4. The highest BCUT2D eigenvalue weighted by Gasteiger charge is 2.51. The van der Waals surface area contributed by atoms with Crippen molar-refractivity contribution < 1.29 is 64.6 Å². The smallest absolute Gasteiger partial charge is 0.220 e. The first-order valence-corrected chi connectivity index (χ1v) is 37.0. The minimum Gasteiger partial charge on any atom is -0.394 e. The molecule has 2 saturated heterocycles. The van der Waals surface area contributed by atoms with E-state index in [1.807, 2.05) is 6.08 Å². The summed E-state index contributed by atoms with van der Waals surface area (Å²) >= 11 is 0. The minimum atomic E-state index is -1.79. The summed E-state index contributed by atoms with van der Waals surface area (Å²) < 4.78 is 22.9. The molecule has 9 N–H and O–H groups in total. The van der Waals surface area contributed by atoms with Crippen LogP contribution >= 0.6 is 0 Å². The van der Waals surface area contributed by atoms with E-state index in [1.54, 1.807) is 6.08 Å². The molecule has 12 atom stereocenters. The molecule has 2 heterocycles. The second-order valence-corrected chi connectivity index (χ2v) is 25.7. The fourth-order valence-corrected chi connectivity index (χ4v) is 11.7. The summed E-state index contributed by atoms with van der Waals surface area (Å²) in [5.41, 5.74) is 0. The van der Waals surface area contributed by atoms with Gasteiger partial charge in [-0.15, -0.1) is 0 Å².